The number of anilines is 2. The van der Waals surface area contributed by atoms with Gasteiger partial charge in [-0.15, -0.1) is 10.2 Å². The second-order valence-electron chi connectivity index (χ2n) is 7.13. The van der Waals surface area contributed by atoms with Crippen LogP contribution < -0.4 is 15.0 Å². The summed E-state index contributed by atoms with van der Waals surface area (Å²) < 4.78 is 5.80. The Kier molecular flexibility index (Phi) is 6.39. The summed E-state index contributed by atoms with van der Waals surface area (Å²) in [7, 11) is 0. The summed E-state index contributed by atoms with van der Waals surface area (Å²) in [4.78, 5) is 19.2. The summed E-state index contributed by atoms with van der Waals surface area (Å²) >= 11 is 5.82. The van der Waals surface area contributed by atoms with Crippen LogP contribution in [0.2, 0.25) is 5.15 Å². The van der Waals surface area contributed by atoms with Gasteiger partial charge in [0.05, 0.1) is 11.6 Å². The van der Waals surface area contributed by atoms with Gasteiger partial charge in [0.25, 0.3) is 0 Å². The third kappa shape index (κ3) is 5.24. The zero-order valence-electron chi connectivity index (χ0n) is 16.4. The monoisotopic (exact) mass is 423 g/mol. The number of carbonyl (C=O) groups excluding carboxylic acids is 1. The molecule has 2 aromatic heterocycles. The molecule has 7 nitrogen and oxygen atoms in total. The summed E-state index contributed by atoms with van der Waals surface area (Å²) in [6.45, 7) is 1.81. The Morgan fingerprint density at radius 1 is 1.17 bits per heavy atom. The molecule has 0 unspecified atom stereocenters. The van der Waals surface area contributed by atoms with Gasteiger partial charge in [0, 0.05) is 31.0 Å². The molecule has 1 aromatic carbocycles. The highest BCUT2D eigenvalue weighted by Crippen LogP contribution is 2.24. The Hall–Kier alpha value is -3.19. The van der Waals surface area contributed by atoms with Crippen molar-refractivity contribution in [2.24, 2.45) is 5.92 Å². The molecule has 1 amide bonds. The fourth-order valence-electron chi connectivity index (χ4n) is 3.43. The molecule has 0 saturated carbocycles. The van der Waals surface area contributed by atoms with Gasteiger partial charge in [-0.3, -0.25) is 9.78 Å². The van der Waals surface area contributed by atoms with Crippen molar-refractivity contribution >= 4 is 29.0 Å². The lowest BCUT2D eigenvalue weighted by Gasteiger charge is -2.32. The molecule has 30 heavy (non-hydrogen) atoms. The minimum Gasteiger partial charge on any atom is -0.487 e. The van der Waals surface area contributed by atoms with Crippen molar-refractivity contribution in [1.29, 1.82) is 0 Å². The van der Waals surface area contributed by atoms with Crippen LogP contribution in [0, 0.1) is 5.92 Å². The molecule has 3 aromatic rings. The van der Waals surface area contributed by atoms with E-state index < -0.39 is 0 Å². The van der Waals surface area contributed by atoms with Gasteiger partial charge in [-0.05, 0) is 49.2 Å². The molecule has 1 saturated heterocycles. The van der Waals surface area contributed by atoms with Gasteiger partial charge in [0.15, 0.2) is 11.0 Å². The molecule has 4 rings (SSSR count). The quantitative estimate of drug-likeness (QED) is 0.646. The Morgan fingerprint density at radius 3 is 2.90 bits per heavy atom. The molecule has 0 spiro atoms. The van der Waals surface area contributed by atoms with Crippen LogP contribution in [0.1, 0.15) is 18.5 Å². The van der Waals surface area contributed by atoms with E-state index in [2.05, 4.69) is 25.4 Å². The summed E-state index contributed by atoms with van der Waals surface area (Å²) in [5.41, 5.74) is 1.56. The molecule has 3 heterocycles. The first-order valence-corrected chi connectivity index (χ1v) is 10.2. The van der Waals surface area contributed by atoms with Gasteiger partial charge >= 0.3 is 0 Å². The van der Waals surface area contributed by atoms with Crippen LogP contribution in [0.3, 0.4) is 0 Å². The number of piperidine rings is 1. The first-order valence-electron chi connectivity index (χ1n) is 9.85. The van der Waals surface area contributed by atoms with Crippen molar-refractivity contribution in [3.05, 3.63) is 71.6 Å². The van der Waals surface area contributed by atoms with Crippen LogP contribution in [0.25, 0.3) is 0 Å². The third-order valence-corrected chi connectivity index (χ3v) is 5.15. The predicted octanol–water partition coefficient (Wildman–Crippen LogP) is 3.96. The molecule has 1 N–H and O–H groups in total. The van der Waals surface area contributed by atoms with Crippen molar-refractivity contribution in [3.63, 3.8) is 0 Å². The number of nitrogens with one attached hydrogen (secondary N) is 1. The Balaban J connectivity index is 1.35. The summed E-state index contributed by atoms with van der Waals surface area (Å²) in [6.07, 6.45) is 3.48. The van der Waals surface area contributed by atoms with Crippen molar-refractivity contribution in [1.82, 2.24) is 15.2 Å². The first-order chi connectivity index (χ1) is 14.7. The number of hydrogen-bond donors (Lipinski definition) is 1. The molecule has 8 heteroatoms. The zero-order chi connectivity index (χ0) is 20.8. The molecule has 0 radical (unpaired) electrons. The largest absolute Gasteiger partial charge is 0.487 e. The number of rotatable bonds is 6. The van der Waals surface area contributed by atoms with E-state index in [0.29, 0.717) is 29.7 Å². The van der Waals surface area contributed by atoms with Crippen molar-refractivity contribution in [3.8, 4) is 5.75 Å². The smallest absolute Gasteiger partial charge is 0.229 e. The maximum atomic E-state index is 12.8. The Labute approximate surface area is 180 Å². The highest BCUT2D eigenvalue weighted by atomic mass is 35.5. The van der Waals surface area contributed by atoms with Crippen molar-refractivity contribution < 1.29 is 9.53 Å². The molecular formula is C22H22ClN5O2. The van der Waals surface area contributed by atoms with E-state index >= 15 is 0 Å². The maximum absolute atomic E-state index is 12.8. The molecule has 1 atom stereocenters. The third-order valence-electron chi connectivity index (χ3n) is 4.95. The van der Waals surface area contributed by atoms with Gasteiger partial charge in [-0.2, -0.15) is 0 Å². The lowest BCUT2D eigenvalue weighted by molar-refractivity contribution is -0.120. The van der Waals surface area contributed by atoms with Gasteiger partial charge in [0.1, 0.15) is 12.4 Å². The van der Waals surface area contributed by atoms with Gasteiger partial charge in [-0.25, -0.2) is 0 Å². The van der Waals surface area contributed by atoms with E-state index in [0.717, 1.165) is 30.9 Å². The highest BCUT2D eigenvalue weighted by Gasteiger charge is 2.26. The fourth-order valence-corrected chi connectivity index (χ4v) is 3.53. The van der Waals surface area contributed by atoms with Crippen LogP contribution in [-0.4, -0.2) is 34.2 Å². The molecular weight excluding hydrogens is 402 g/mol. The van der Waals surface area contributed by atoms with Crippen LogP contribution in [0.15, 0.2) is 60.8 Å². The lowest BCUT2D eigenvalue weighted by atomic mass is 9.97. The number of pyridine rings is 1. The maximum Gasteiger partial charge on any atom is 0.229 e. The molecule has 0 bridgehead atoms. The van der Waals surface area contributed by atoms with E-state index in [1.165, 1.54) is 0 Å². The van der Waals surface area contributed by atoms with E-state index in [4.69, 9.17) is 16.3 Å². The summed E-state index contributed by atoms with van der Waals surface area (Å²) in [5, 5.41) is 11.4. The topological polar surface area (TPSA) is 80.2 Å². The number of benzene rings is 1. The van der Waals surface area contributed by atoms with Crippen LogP contribution in [-0.2, 0) is 11.4 Å². The predicted molar refractivity (Wildman–Crippen MR) is 116 cm³/mol. The van der Waals surface area contributed by atoms with Crippen LogP contribution in [0.4, 0.5) is 11.5 Å². The lowest BCUT2D eigenvalue weighted by Crippen LogP contribution is -2.41. The van der Waals surface area contributed by atoms with Crippen LogP contribution >= 0.6 is 11.6 Å². The average Bonchev–Trinajstić information content (AvgIpc) is 2.79. The van der Waals surface area contributed by atoms with E-state index in [1.54, 1.807) is 12.3 Å². The standard InChI is InChI=1S/C22H22ClN5O2/c23-20-9-10-21(27-26-20)28-12-4-5-16(14-28)22(29)25-17-7-3-8-19(13-17)30-15-18-6-1-2-11-24-18/h1-3,6-11,13,16H,4-5,12,14-15H2,(H,25,29)/t16-/m1/s1. The average molecular weight is 424 g/mol. The Bertz CT molecular complexity index is 984. The second kappa shape index (κ2) is 9.54. The van der Waals surface area contributed by atoms with Gasteiger partial charge in [-0.1, -0.05) is 23.7 Å². The molecule has 1 aliphatic heterocycles. The number of amides is 1. The zero-order valence-corrected chi connectivity index (χ0v) is 17.1. The normalized spacial score (nSPS) is 16.2. The molecule has 1 aliphatic rings. The van der Waals surface area contributed by atoms with Crippen LogP contribution in [0.5, 0.6) is 5.75 Å². The SMILES string of the molecule is O=C(Nc1cccc(OCc2ccccn2)c1)[C@@H]1CCCN(c2ccc(Cl)nn2)C1. The first kappa shape index (κ1) is 20.1. The number of hydrogen-bond acceptors (Lipinski definition) is 6. The highest BCUT2D eigenvalue weighted by molar-refractivity contribution is 6.29. The minimum absolute atomic E-state index is 0.0106. The van der Waals surface area contributed by atoms with Gasteiger partial charge < -0.3 is 15.0 Å². The summed E-state index contributed by atoms with van der Waals surface area (Å²) in [5.74, 6) is 1.28. The number of aromatic nitrogens is 3. The molecule has 0 aliphatic carbocycles. The van der Waals surface area contributed by atoms with E-state index in [1.807, 2.05) is 48.5 Å². The van der Waals surface area contributed by atoms with Gasteiger partial charge in [0.2, 0.25) is 5.91 Å². The fraction of sp³-hybridized carbons (Fsp3) is 0.273. The minimum atomic E-state index is -0.130. The number of nitrogens with zero attached hydrogens (tertiary/aromatic N) is 4. The summed E-state index contributed by atoms with van der Waals surface area (Å²) in [6, 6.07) is 16.6. The van der Waals surface area contributed by atoms with E-state index in [-0.39, 0.29) is 11.8 Å². The van der Waals surface area contributed by atoms with Crippen molar-refractivity contribution in [2.45, 2.75) is 19.4 Å². The number of carbonyl (C=O) groups is 1. The number of ether oxygens (including phenoxy) is 1. The van der Waals surface area contributed by atoms with Crippen molar-refractivity contribution in [2.75, 3.05) is 23.3 Å². The Morgan fingerprint density at radius 2 is 2.10 bits per heavy atom. The van der Waals surface area contributed by atoms with E-state index in [9.17, 15) is 4.79 Å². The molecule has 1 fully saturated rings. The molecule has 154 valence electrons. The second-order valence-corrected chi connectivity index (χ2v) is 7.51. The number of halogens is 1.